The predicted molar refractivity (Wildman–Crippen MR) is 77.6 cm³/mol. The van der Waals surface area contributed by atoms with E-state index < -0.39 is 11.7 Å². The first-order chi connectivity index (χ1) is 9.68. The van der Waals surface area contributed by atoms with E-state index in [4.69, 9.17) is 4.74 Å². The van der Waals surface area contributed by atoms with Crippen LogP contribution in [0.2, 0.25) is 0 Å². The highest BCUT2D eigenvalue weighted by molar-refractivity contribution is 5.55. The van der Waals surface area contributed by atoms with Crippen molar-refractivity contribution in [1.82, 2.24) is 0 Å². The van der Waals surface area contributed by atoms with Gasteiger partial charge in [-0.1, -0.05) is 26.8 Å². The van der Waals surface area contributed by atoms with E-state index in [0.29, 0.717) is 18.8 Å². The number of halogens is 3. The van der Waals surface area contributed by atoms with Crippen LogP contribution in [0, 0.1) is 0 Å². The number of rotatable bonds is 2. The molecule has 1 fully saturated rings. The highest BCUT2D eigenvalue weighted by Gasteiger charge is 2.35. The van der Waals surface area contributed by atoms with Gasteiger partial charge < -0.3 is 10.1 Å². The molecule has 0 radical (unpaired) electrons. The molecule has 1 aliphatic heterocycles. The van der Waals surface area contributed by atoms with Crippen LogP contribution in [0.3, 0.4) is 0 Å². The van der Waals surface area contributed by atoms with E-state index in [1.807, 2.05) is 20.8 Å². The molecule has 1 aromatic rings. The summed E-state index contributed by atoms with van der Waals surface area (Å²) in [6.45, 7) is 6.92. The zero-order chi connectivity index (χ0) is 15.7. The molecule has 1 aromatic carbocycles. The lowest BCUT2D eigenvalue weighted by molar-refractivity contribution is -0.137. The van der Waals surface area contributed by atoms with Gasteiger partial charge in [-0.3, -0.25) is 0 Å². The SMILES string of the molecule is CC(C)(C)c1ccc(NC2CCOCC2)c(C(F)(F)F)c1. The number of hydrogen-bond acceptors (Lipinski definition) is 2. The molecule has 0 aromatic heterocycles. The monoisotopic (exact) mass is 301 g/mol. The fourth-order valence-corrected chi connectivity index (χ4v) is 2.43. The van der Waals surface area contributed by atoms with Gasteiger partial charge in [-0.2, -0.15) is 13.2 Å². The van der Waals surface area contributed by atoms with Crippen molar-refractivity contribution in [3.63, 3.8) is 0 Å². The number of hydrogen-bond donors (Lipinski definition) is 1. The summed E-state index contributed by atoms with van der Waals surface area (Å²) in [6, 6.07) is 4.64. The third-order valence-corrected chi connectivity index (χ3v) is 3.77. The van der Waals surface area contributed by atoms with Crippen molar-refractivity contribution in [2.24, 2.45) is 0 Å². The van der Waals surface area contributed by atoms with Crippen LogP contribution in [0.15, 0.2) is 18.2 Å². The van der Waals surface area contributed by atoms with Gasteiger partial charge in [0, 0.05) is 24.9 Å². The molecule has 0 aliphatic carbocycles. The molecule has 5 heteroatoms. The highest BCUT2D eigenvalue weighted by Crippen LogP contribution is 2.38. The summed E-state index contributed by atoms with van der Waals surface area (Å²) in [5.41, 5.74) is -0.0341. The standard InChI is InChI=1S/C16H22F3NO/c1-15(2,3)11-4-5-14(13(10-11)16(17,18)19)20-12-6-8-21-9-7-12/h4-5,10,12,20H,6-9H2,1-3H3. The van der Waals surface area contributed by atoms with Crippen LogP contribution in [0.5, 0.6) is 0 Å². The summed E-state index contributed by atoms with van der Waals surface area (Å²) in [7, 11) is 0. The van der Waals surface area contributed by atoms with E-state index in [2.05, 4.69) is 5.32 Å². The van der Waals surface area contributed by atoms with Crippen molar-refractivity contribution in [2.45, 2.75) is 51.2 Å². The van der Waals surface area contributed by atoms with Crippen LogP contribution >= 0.6 is 0 Å². The Morgan fingerprint density at radius 2 is 1.71 bits per heavy atom. The fourth-order valence-electron chi connectivity index (χ4n) is 2.43. The normalized spacial score (nSPS) is 17.8. The van der Waals surface area contributed by atoms with E-state index in [9.17, 15) is 13.2 Å². The van der Waals surface area contributed by atoms with E-state index >= 15 is 0 Å². The molecule has 1 saturated heterocycles. The fraction of sp³-hybridized carbons (Fsp3) is 0.625. The molecule has 1 N–H and O–H groups in total. The van der Waals surface area contributed by atoms with Crippen molar-refractivity contribution >= 4 is 5.69 Å². The molecule has 118 valence electrons. The lowest BCUT2D eigenvalue weighted by Crippen LogP contribution is -2.29. The third kappa shape index (κ3) is 4.13. The predicted octanol–water partition coefficient (Wildman–Crippen LogP) is 4.59. The van der Waals surface area contributed by atoms with Crippen molar-refractivity contribution < 1.29 is 17.9 Å². The van der Waals surface area contributed by atoms with Crippen molar-refractivity contribution in [1.29, 1.82) is 0 Å². The van der Waals surface area contributed by atoms with Gasteiger partial charge in [0.25, 0.3) is 0 Å². The zero-order valence-corrected chi connectivity index (χ0v) is 12.7. The maximum atomic E-state index is 13.3. The van der Waals surface area contributed by atoms with Gasteiger partial charge in [-0.05, 0) is 36.0 Å². The Morgan fingerprint density at radius 1 is 1.10 bits per heavy atom. The first kappa shape index (κ1) is 16.1. The Labute approximate surface area is 123 Å². The highest BCUT2D eigenvalue weighted by atomic mass is 19.4. The molecule has 0 saturated carbocycles. The van der Waals surface area contributed by atoms with E-state index in [0.717, 1.165) is 12.8 Å². The molecule has 2 rings (SSSR count). The van der Waals surface area contributed by atoms with E-state index in [-0.39, 0.29) is 17.1 Å². The summed E-state index contributed by atoms with van der Waals surface area (Å²) >= 11 is 0. The lowest BCUT2D eigenvalue weighted by Gasteiger charge is -2.27. The van der Waals surface area contributed by atoms with Crippen LogP contribution < -0.4 is 5.32 Å². The van der Waals surface area contributed by atoms with E-state index in [1.165, 1.54) is 6.07 Å². The van der Waals surface area contributed by atoms with Gasteiger partial charge in [0.05, 0.1) is 5.56 Å². The van der Waals surface area contributed by atoms with Crippen LogP contribution in [0.4, 0.5) is 18.9 Å². The molecule has 0 bridgehead atoms. The van der Waals surface area contributed by atoms with Crippen LogP contribution in [0.25, 0.3) is 0 Å². The number of benzene rings is 1. The summed E-state index contributed by atoms with van der Waals surface area (Å²) in [5, 5.41) is 3.03. The first-order valence-corrected chi connectivity index (χ1v) is 7.24. The van der Waals surface area contributed by atoms with Gasteiger partial charge in [0.2, 0.25) is 0 Å². The molecule has 0 spiro atoms. The molecule has 1 aliphatic rings. The minimum absolute atomic E-state index is 0.0420. The first-order valence-electron chi connectivity index (χ1n) is 7.24. The molecule has 0 amide bonds. The summed E-state index contributed by atoms with van der Waals surface area (Å²) in [6.07, 6.45) is -2.88. The molecule has 1 heterocycles. The Bertz CT molecular complexity index is 485. The Kier molecular flexibility index (Phi) is 4.51. The topological polar surface area (TPSA) is 21.3 Å². The van der Waals surface area contributed by atoms with Gasteiger partial charge >= 0.3 is 6.18 Å². The third-order valence-electron chi connectivity index (χ3n) is 3.77. The van der Waals surface area contributed by atoms with Crippen LogP contribution in [-0.4, -0.2) is 19.3 Å². The minimum atomic E-state index is -4.35. The summed E-state index contributed by atoms with van der Waals surface area (Å²) < 4.78 is 45.2. The number of ether oxygens (including phenoxy) is 1. The Morgan fingerprint density at radius 3 is 2.24 bits per heavy atom. The second-order valence-electron chi connectivity index (χ2n) is 6.54. The molecular weight excluding hydrogens is 279 g/mol. The van der Waals surface area contributed by atoms with Crippen molar-refractivity contribution in [3.8, 4) is 0 Å². The van der Waals surface area contributed by atoms with Gasteiger partial charge in [0.15, 0.2) is 0 Å². The largest absolute Gasteiger partial charge is 0.418 e. The van der Waals surface area contributed by atoms with Gasteiger partial charge in [0.1, 0.15) is 0 Å². The molecule has 2 nitrogen and oxygen atoms in total. The smallest absolute Gasteiger partial charge is 0.382 e. The Balaban J connectivity index is 2.31. The average molecular weight is 301 g/mol. The Hall–Kier alpha value is -1.23. The van der Waals surface area contributed by atoms with Crippen LogP contribution in [0.1, 0.15) is 44.7 Å². The van der Waals surface area contributed by atoms with Crippen LogP contribution in [-0.2, 0) is 16.3 Å². The maximum absolute atomic E-state index is 13.3. The maximum Gasteiger partial charge on any atom is 0.418 e. The molecule has 0 unspecified atom stereocenters. The molecular formula is C16H22F3NO. The average Bonchev–Trinajstić information content (AvgIpc) is 2.38. The summed E-state index contributed by atoms with van der Waals surface area (Å²) in [4.78, 5) is 0. The lowest BCUT2D eigenvalue weighted by atomic mass is 9.85. The molecule has 0 atom stereocenters. The van der Waals surface area contributed by atoms with Crippen molar-refractivity contribution in [3.05, 3.63) is 29.3 Å². The molecule has 21 heavy (non-hydrogen) atoms. The minimum Gasteiger partial charge on any atom is -0.382 e. The second kappa shape index (κ2) is 5.87. The van der Waals surface area contributed by atoms with Gasteiger partial charge in [-0.25, -0.2) is 0 Å². The van der Waals surface area contributed by atoms with Crippen molar-refractivity contribution in [2.75, 3.05) is 18.5 Å². The number of anilines is 1. The zero-order valence-electron chi connectivity index (χ0n) is 12.7. The number of nitrogens with one attached hydrogen (secondary N) is 1. The second-order valence-corrected chi connectivity index (χ2v) is 6.54. The summed E-state index contributed by atoms with van der Waals surface area (Å²) in [5.74, 6) is 0. The quantitative estimate of drug-likeness (QED) is 0.862. The number of alkyl halides is 3. The van der Waals surface area contributed by atoms with Gasteiger partial charge in [-0.15, -0.1) is 0 Å². The van der Waals surface area contributed by atoms with E-state index in [1.54, 1.807) is 12.1 Å².